The van der Waals surface area contributed by atoms with E-state index in [0.29, 0.717) is 6.61 Å². The third kappa shape index (κ3) is 3.33. The number of rotatable bonds is 4. The van der Waals surface area contributed by atoms with E-state index in [4.69, 9.17) is 9.47 Å². The monoisotopic (exact) mass is 248 g/mol. The van der Waals surface area contributed by atoms with Gasteiger partial charge in [0.05, 0.1) is 6.10 Å². The van der Waals surface area contributed by atoms with E-state index in [0.717, 1.165) is 36.3 Å². The first-order chi connectivity index (χ1) is 8.66. The standard InChI is InChI=1S/C15H20O3/c1-11-9-13(12(2)16)6-7-15(11)18-10-14-5-3-4-8-17-14/h6-7,9,14H,3-5,8,10H2,1-2H3. The number of ketones is 1. The Labute approximate surface area is 108 Å². The molecule has 3 nitrogen and oxygen atoms in total. The maximum absolute atomic E-state index is 11.3. The van der Waals surface area contributed by atoms with Crippen LogP contribution in [-0.2, 0) is 4.74 Å². The summed E-state index contributed by atoms with van der Waals surface area (Å²) in [5, 5.41) is 0. The number of hydrogen-bond acceptors (Lipinski definition) is 3. The number of aryl methyl sites for hydroxylation is 1. The minimum Gasteiger partial charge on any atom is -0.491 e. The fourth-order valence-electron chi connectivity index (χ4n) is 2.15. The van der Waals surface area contributed by atoms with Gasteiger partial charge in [0.2, 0.25) is 0 Å². The van der Waals surface area contributed by atoms with E-state index in [1.165, 1.54) is 6.42 Å². The molecule has 0 amide bonds. The van der Waals surface area contributed by atoms with E-state index < -0.39 is 0 Å². The third-order valence-corrected chi connectivity index (χ3v) is 3.28. The molecule has 1 aliphatic rings. The molecule has 1 unspecified atom stereocenters. The third-order valence-electron chi connectivity index (χ3n) is 3.28. The summed E-state index contributed by atoms with van der Waals surface area (Å²) in [4.78, 5) is 11.3. The van der Waals surface area contributed by atoms with E-state index in [2.05, 4.69) is 0 Å². The maximum atomic E-state index is 11.3. The lowest BCUT2D eigenvalue weighted by molar-refractivity contribution is -0.0111. The van der Waals surface area contributed by atoms with Crippen LogP contribution in [-0.4, -0.2) is 25.1 Å². The van der Waals surface area contributed by atoms with Crippen molar-refractivity contribution in [3.8, 4) is 5.75 Å². The van der Waals surface area contributed by atoms with Crippen LogP contribution in [0.5, 0.6) is 5.75 Å². The molecule has 1 atom stereocenters. The molecule has 0 bridgehead atoms. The second kappa shape index (κ2) is 6.01. The van der Waals surface area contributed by atoms with Gasteiger partial charge >= 0.3 is 0 Å². The van der Waals surface area contributed by atoms with Gasteiger partial charge in [-0.2, -0.15) is 0 Å². The van der Waals surface area contributed by atoms with Crippen LogP contribution in [0.25, 0.3) is 0 Å². The van der Waals surface area contributed by atoms with Crippen molar-refractivity contribution < 1.29 is 14.3 Å². The summed E-state index contributed by atoms with van der Waals surface area (Å²) in [6.07, 6.45) is 3.66. The molecule has 0 aromatic heterocycles. The molecule has 18 heavy (non-hydrogen) atoms. The highest BCUT2D eigenvalue weighted by Crippen LogP contribution is 2.21. The minimum absolute atomic E-state index is 0.0836. The van der Waals surface area contributed by atoms with Crippen LogP contribution in [0, 0.1) is 6.92 Å². The maximum Gasteiger partial charge on any atom is 0.159 e. The number of carbonyl (C=O) groups is 1. The van der Waals surface area contributed by atoms with Gasteiger partial charge in [-0.25, -0.2) is 0 Å². The molecule has 98 valence electrons. The molecular formula is C15H20O3. The Morgan fingerprint density at radius 2 is 2.28 bits per heavy atom. The second-order valence-corrected chi connectivity index (χ2v) is 4.84. The van der Waals surface area contributed by atoms with Gasteiger partial charge in [-0.1, -0.05) is 0 Å². The van der Waals surface area contributed by atoms with Crippen molar-refractivity contribution in [1.82, 2.24) is 0 Å². The second-order valence-electron chi connectivity index (χ2n) is 4.84. The van der Waals surface area contributed by atoms with Gasteiger partial charge in [-0.3, -0.25) is 4.79 Å². The molecule has 0 radical (unpaired) electrons. The molecule has 1 saturated heterocycles. The Bertz CT molecular complexity index is 420. The first-order valence-corrected chi connectivity index (χ1v) is 6.53. The van der Waals surface area contributed by atoms with Gasteiger partial charge in [0.25, 0.3) is 0 Å². The van der Waals surface area contributed by atoms with Gasteiger partial charge < -0.3 is 9.47 Å². The number of ether oxygens (including phenoxy) is 2. The average Bonchev–Trinajstić information content (AvgIpc) is 2.38. The largest absolute Gasteiger partial charge is 0.491 e. The lowest BCUT2D eigenvalue weighted by atomic mass is 10.1. The molecule has 2 rings (SSSR count). The van der Waals surface area contributed by atoms with Crippen molar-refractivity contribution in [2.24, 2.45) is 0 Å². The number of Topliss-reactive ketones (excluding diaryl/α,β-unsaturated/α-hetero) is 1. The van der Waals surface area contributed by atoms with Crippen LogP contribution in [0.4, 0.5) is 0 Å². The first kappa shape index (κ1) is 13.1. The van der Waals surface area contributed by atoms with E-state index in [1.54, 1.807) is 6.92 Å². The fourth-order valence-corrected chi connectivity index (χ4v) is 2.15. The molecule has 0 N–H and O–H groups in total. The summed E-state index contributed by atoms with van der Waals surface area (Å²) < 4.78 is 11.4. The molecule has 0 spiro atoms. The van der Waals surface area contributed by atoms with Crippen LogP contribution >= 0.6 is 0 Å². The van der Waals surface area contributed by atoms with Crippen molar-refractivity contribution in [1.29, 1.82) is 0 Å². The highest BCUT2D eigenvalue weighted by molar-refractivity contribution is 5.94. The average molecular weight is 248 g/mol. The Morgan fingerprint density at radius 3 is 2.89 bits per heavy atom. The molecule has 1 fully saturated rings. The lowest BCUT2D eigenvalue weighted by Crippen LogP contribution is -2.25. The van der Waals surface area contributed by atoms with Crippen LogP contribution in [0.15, 0.2) is 18.2 Å². The normalized spacial score (nSPS) is 19.6. The topological polar surface area (TPSA) is 35.5 Å². The Balaban J connectivity index is 1.94. The zero-order valence-corrected chi connectivity index (χ0v) is 11.1. The van der Waals surface area contributed by atoms with E-state index in [9.17, 15) is 4.79 Å². The molecular weight excluding hydrogens is 228 g/mol. The summed E-state index contributed by atoms with van der Waals surface area (Å²) in [7, 11) is 0. The smallest absolute Gasteiger partial charge is 0.159 e. The zero-order chi connectivity index (χ0) is 13.0. The minimum atomic E-state index is 0.0836. The highest BCUT2D eigenvalue weighted by Gasteiger charge is 2.15. The van der Waals surface area contributed by atoms with Crippen LogP contribution in [0.2, 0.25) is 0 Å². The summed E-state index contributed by atoms with van der Waals surface area (Å²) >= 11 is 0. The quantitative estimate of drug-likeness (QED) is 0.768. The number of benzene rings is 1. The van der Waals surface area contributed by atoms with Crippen molar-refractivity contribution in [3.05, 3.63) is 29.3 Å². The van der Waals surface area contributed by atoms with Gasteiger partial charge in [0, 0.05) is 12.2 Å². The summed E-state index contributed by atoms with van der Waals surface area (Å²) in [6.45, 7) is 4.98. The van der Waals surface area contributed by atoms with Crippen LogP contribution in [0.1, 0.15) is 42.1 Å². The molecule has 1 aromatic rings. The molecule has 0 saturated carbocycles. The molecule has 3 heteroatoms. The van der Waals surface area contributed by atoms with Gasteiger partial charge in [-0.15, -0.1) is 0 Å². The van der Waals surface area contributed by atoms with Crippen molar-refractivity contribution in [3.63, 3.8) is 0 Å². The Kier molecular flexibility index (Phi) is 4.37. The van der Waals surface area contributed by atoms with Crippen LogP contribution in [0.3, 0.4) is 0 Å². The molecule has 1 aliphatic heterocycles. The lowest BCUT2D eigenvalue weighted by Gasteiger charge is -2.23. The molecule has 1 heterocycles. The highest BCUT2D eigenvalue weighted by atomic mass is 16.5. The van der Waals surface area contributed by atoms with E-state index in [1.807, 2.05) is 25.1 Å². The van der Waals surface area contributed by atoms with E-state index in [-0.39, 0.29) is 11.9 Å². The number of hydrogen-bond donors (Lipinski definition) is 0. The van der Waals surface area contributed by atoms with Crippen molar-refractivity contribution in [2.75, 3.05) is 13.2 Å². The van der Waals surface area contributed by atoms with Crippen LogP contribution < -0.4 is 4.74 Å². The number of carbonyl (C=O) groups excluding carboxylic acids is 1. The molecule has 1 aromatic carbocycles. The summed E-state index contributed by atoms with van der Waals surface area (Å²) in [5.74, 6) is 0.925. The van der Waals surface area contributed by atoms with Gasteiger partial charge in [0.15, 0.2) is 5.78 Å². The predicted molar refractivity (Wildman–Crippen MR) is 70.3 cm³/mol. The Hall–Kier alpha value is -1.35. The predicted octanol–water partition coefficient (Wildman–Crippen LogP) is 3.15. The van der Waals surface area contributed by atoms with E-state index >= 15 is 0 Å². The fraction of sp³-hybridized carbons (Fsp3) is 0.533. The SMILES string of the molecule is CC(=O)c1ccc(OCC2CCCCO2)c(C)c1. The van der Waals surface area contributed by atoms with Gasteiger partial charge in [0.1, 0.15) is 12.4 Å². The Morgan fingerprint density at radius 1 is 1.44 bits per heavy atom. The summed E-state index contributed by atoms with van der Waals surface area (Å²) in [5.41, 5.74) is 1.73. The van der Waals surface area contributed by atoms with Gasteiger partial charge in [-0.05, 0) is 56.9 Å². The van der Waals surface area contributed by atoms with Crippen molar-refractivity contribution in [2.45, 2.75) is 39.2 Å². The molecule has 0 aliphatic carbocycles. The summed E-state index contributed by atoms with van der Waals surface area (Å²) in [6, 6.07) is 5.56. The zero-order valence-electron chi connectivity index (χ0n) is 11.1. The van der Waals surface area contributed by atoms with Crippen molar-refractivity contribution >= 4 is 5.78 Å². The first-order valence-electron chi connectivity index (χ1n) is 6.53.